The molecule has 0 radical (unpaired) electrons. The van der Waals surface area contributed by atoms with Crippen LogP contribution in [0.4, 0.5) is 5.00 Å². The van der Waals surface area contributed by atoms with Gasteiger partial charge in [-0.05, 0) is 62.8 Å². The molecule has 0 saturated carbocycles. The topological polar surface area (TPSA) is 99.0 Å². The molecule has 0 spiro atoms. The summed E-state index contributed by atoms with van der Waals surface area (Å²) in [5.41, 5.74) is 3.99. The highest BCUT2D eigenvalue weighted by Gasteiger charge is 2.29. The quantitative estimate of drug-likeness (QED) is 0.212. The van der Waals surface area contributed by atoms with Gasteiger partial charge in [0, 0.05) is 21.8 Å². The number of hydrogen-bond acceptors (Lipinski definition) is 8. The molecule has 5 rings (SSSR count). The van der Waals surface area contributed by atoms with Crippen LogP contribution < -0.4 is 5.32 Å². The van der Waals surface area contributed by atoms with Crippen LogP contribution in [0.1, 0.15) is 53.9 Å². The summed E-state index contributed by atoms with van der Waals surface area (Å²) in [5.74, 6) is -0.551. The molecule has 1 aliphatic rings. The van der Waals surface area contributed by atoms with Crippen molar-refractivity contribution in [3.05, 3.63) is 38.7 Å². The monoisotopic (exact) mass is 587 g/mol. The van der Waals surface area contributed by atoms with E-state index in [0.29, 0.717) is 34.4 Å². The molecule has 36 heavy (non-hydrogen) atoms. The normalized spacial score (nSPS) is 14.1. The van der Waals surface area contributed by atoms with Crippen molar-refractivity contribution in [3.63, 3.8) is 0 Å². The minimum Gasteiger partial charge on any atom is -0.462 e. The third-order valence-electron chi connectivity index (χ3n) is 6.34. The number of hydrogen-bond donors (Lipinski definition) is 1. The van der Waals surface area contributed by atoms with E-state index in [2.05, 4.69) is 31.4 Å². The van der Waals surface area contributed by atoms with Gasteiger partial charge in [0.2, 0.25) is 11.1 Å². The van der Waals surface area contributed by atoms with Crippen molar-refractivity contribution >= 4 is 78.0 Å². The predicted octanol–water partition coefficient (Wildman–Crippen LogP) is 5.91. The van der Waals surface area contributed by atoms with Gasteiger partial charge >= 0.3 is 5.97 Å². The van der Waals surface area contributed by atoms with Crippen LogP contribution in [0.3, 0.4) is 0 Å². The van der Waals surface area contributed by atoms with Crippen LogP contribution in [0.25, 0.3) is 22.1 Å². The van der Waals surface area contributed by atoms with Gasteiger partial charge in [-0.1, -0.05) is 34.6 Å². The number of ether oxygens (including phenoxy) is 1. The molecule has 1 atom stereocenters. The van der Waals surface area contributed by atoms with E-state index in [1.165, 1.54) is 28.0 Å². The Kier molecular flexibility index (Phi) is 7.32. The van der Waals surface area contributed by atoms with E-state index in [-0.39, 0.29) is 11.9 Å². The molecule has 3 aromatic heterocycles. The van der Waals surface area contributed by atoms with Gasteiger partial charge in [-0.15, -0.1) is 21.5 Å². The molecule has 11 heteroatoms. The lowest BCUT2D eigenvalue weighted by molar-refractivity contribution is -0.115. The Bertz CT molecular complexity index is 1480. The summed E-state index contributed by atoms with van der Waals surface area (Å²) in [6.45, 7) is 4.03. The maximum Gasteiger partial charge on any atom is 0.341 e. The molecule has 0 saturated heterocycles. The summed E-state index contributed by atoms with van der Waals surface area (Å²) < 4.78 is 8.26. The van der Waals surface area contributed by atoms with Gasteiger partial charge in [-0.3, -0.25) is 4.79 Å². The van der Waals surface area contributed by atoms with E-state index < -0.39 is 5.25 Å². The number of carbonyl (C=O) groups excluding carboxylic acids is 2. The van der Waals surface area contributed by atoms with Crippen LogP contribution in [0.15, 0.2) is 27.8 Å². The van der Waals surface area contributed by atoms with Crippen LogP contribution in [-0.2, 0) is 29.4 Å². The highest BCUT2D eigenvalue weighted by atomic mass is 79.9. The molecular weight excluding hydrogens is 562 g/mol. The number of carbonyl (C=O) groups is 2. The Hall–Kier alpha value is -2.50. The van der Waals surface area contributed by atoms with Crippen molar-refractivity contribution < 1.29 is 14.3 Å². The molecule has 0 bridgehead atoms. The fourth-order valence-electron chi connectivity index (χ4n) is 4.58. The van der Waals surface area contributed by atoms with Gasteiger partial charge in [-0.25, -0.2) is 9.78 Å². The Balaban J connectivity index is 1.41. The predicted molar refractivity (Wildman–Crippen MR) is 147 cm³/mol. The number of nitrogens with zero attached hydrogens (tertiary/aromatic N) is 4. The number of amides is 1. The molecular formula is C25H26BrN5O3S2. The number of aryl methyl sites for hydroxylation is 2. The molecule has 4 aromatic rings. The zero-order valence-corrected chi connectivity index (χ0v) is 23.5. The zero-order chi connectivity index (χ0) is 25.4. The van der Waals surface area contributed by atoms with Crippen molar-refractivity contribution in [2.45, 2.75) is 56.4 Å². The number of rotatable bonds is 7. The van der Waals surface area contributed by atoms with E-state index in [0.717, 1.165) is 52.1 Å². The summed E-state index contributed by atoms with van der Waals surface area (Å²) in [4.78, 5) is 32.0. The van der Waals surface area contributed by atoms with Crippen LogP contribution in [0, 0.1) is 0 Å². The fourth-order valence-corrected chi connectivity index (χ4v) is 7.04. The number of benzene rings is 1. The first-order valence-electron chi connectivity index (χ1n) is 12.0. The van der Waals surface area contributed by atoms with Crippen LogP contribution in [0.5, 0.6) is 0 Å². The third kappa shape index (κ3) is 4.64. The summed E-state index contributed by atoms with van der Waals surface area (Å²) >= 11 is 6.29. The highest BCUT2D eigenvalue weighted by Crippen LogP contribution is 2.39. The van der Waals surface area contributed by atoms with E-state index in [9.17, 15) is 9.59 Å². The number of aromatic nitrogens is 4. The number of esters is 1. The SMILES string of the molecule is CCOC(=O)c1c(NC(=O)C(CC)Sc2nnc3c4cc(Br)ccc4n(C)c3n2)sc2c1CCCC2. The lowest BCUT2D eigenvalue weighted by Crippen LogP contribution is -2.25. The first-order chi connectivity index (χ1) is 17.4. The van der Waals surface area contributed by atoms with E-state index >= 15 is 0 Å². The Morgan fingerprint density at radius 2 is 2.06 bits per heavy atom. The molecule has 1 amide bonds. The summed E-state index contributed by atoms with van der Waals surface area (Å²) in [7, 11) is 1.95. The van der Waals surface area contributed by atoms with Crippen molar-refractivity contribution in [2.24, 2.45) is 7.05 Å². The number of anilines is 1. The van der Waals surface area contributed by atoms with Crippen LogP contribution in [0.2, 0.25) is 0 Å². The smallest absolute Gasteiger partial charge is 0.341 e. The lowest BCUT2D eigenvalue weighted by Gasteiger charge is -2.14. The summed E-state index contributed by atoms with van der Waals surface area (Å²) in [6, 6.07) is 6.00. The van der Waals surface area contributed by atoms with E-state index in [1.54, 1.807) is 6.92 Å². The standard InChI is InChI=1S/C25H26BrN5O3S2/c1-4-17(22(32)28-23-19(24(33)34-5-2)14-8-6-7-9-18(14)35-23)36-25-27-21-20(29-30-25)15-12-13(26)10-11-16(15)31(21)3/h10-12,17H,4-9H2,1-3H3,(H,28,32). The summed E-state index contributed by atoms with van der Waals surface area (Å²) in [5, 5.41) is 13.3. The van der Waals surface area contributed by atoms with Crippen molar-refractivity contribution in [1.29, 1.82) is 0 Å². The number of fused-ring (bicyclic) bond motifs is 4. The second-order valence-corrected chi connectivity index (χ2v) is 11.8. The molecule has 0 fully saturated rings. The van der Waals surface area contributed by atoms with E-state index in [4.69, 9.17) is 9.72 Å². The minimum absolute atomic E-state index is 0.184. The molecule has 1 aromatic carbocycles. The zero-order valence-electron chi connectivity index (χ0n) is 20.3. The summed E-state index contributed by atoms with van der Waals surface area (Å²) in [6.07, 6.45) is 4.46. The number of thioether (sulfide) groups is 1. The molecule has 0 aliphatic heterocycles. The third-order valence-corrected chi connectivity index (χ3v) is 9.26. The van der Waals surface area contributed by atoms with Gasteiger partial charge in [0.15, 0.2) is 5.65 Å². The Labute approximate surface area is 225 Å². The first-order valence-corrected chi connectivity index (χ1v) is 14.5. The van der Waals surface area contributed by atoms with Gasteiger partial charge < -0.3 is 14.6 Å². The maximum absolute atomic E-state index is 13.3. The Morgan fingerprint density at radius 1 is 1.25 bits per heavy atom. The molecule has 3 heterocycles. The first kappa shape index (κ1) is 25.2. The van der Waals surface area contributed by atoms with Gasteiger partial charge in [0.05, 0.1) is 22.9 Å². The molecule has 1 N–H and O–H groups in total. The highest BCUT2D eigenvalue weighted by molar-refractivity contribution is 9.10. The maximum atomic E-state index is 13.3. The van der Waals surface area contributed by atoms with Crippen molar-refractivity contribution in [3.8, 4) is 0 Å². The van der Waals surface area contributed by atoms with Crippen LogP contribution in [-0.4, -0.2) is 43.5 Å². The van der Waals surface area contributed by atoms with E-state index in [1.807, 2.05) is 36.7 Å². The Morgan fingerprint density at radius 3 is 2.83 bits per heavy atom. The number of thiophene rings is 1. The molecule has 188 valence electrons. The molecule has 1 unspecified atom stereocenters. The van der Waals surface area contributed by atoms with Crippen molar-refractivity contribution in [2.75, 3.05) is 11.9 Å². The van der Waals surface area contributed by atoms with Gasteiger partial charge in [0.1, 0.15) is 10.5 Å². The number of halogens is 1. The number of nitrogens with one attached hydrogen (secondary N) is 1. The molecule has 1 aliphatic carbocycles. The average molecular weight is 589 g/mol. The van der Waals surface area contributed by atoms with Gasteiger partial charge in [-0.2, -0.15) is 0 Å². The van der Waals surface area contributed by atoms with Gasteiger partial charge in [0.25, 0.3) is 0 Å². The largest absolute Gasteiger partial charge is 0.462 e. The van der Waals surface area contributed by atoms with Crippen molar-refractivity contribution in [1.82, 2.24) is 19.7 Å². The van der Waals surface area contributed by atoms with Crippen LogP contribution >= 0.6 is 39.0 Å². The minimum atomic E-state index is -0.442. The average Bonchev–Trinajstić information content (AvgIpc) is 3.37. The fraction of sp³-hybridized carbons (Fsp3) is 0.400. The lowest BCUT2D eigenvalue weighted by atomic mass is 9.95. The molecule has 8 nitrogen and oxygen atoms in total. The second kappa shape index (κ2) is 10.5. The second-order valence-electron chi connectivity index (χ2n) is 8.63.